The van der Waals surface area contributed by atoms with Crippen molar-refractivity contribution in [1.82, 2.24) is 117 Å². The molecule has 0 saturated carbocycles. The van der Waals surface area contributed by atoms with E-state index >= 15 is 0 Å². The van der Waals surface area contributed by atoms with Crippen LogP contribution < -0.4 is 60.1 Å². The molecular weight excluding hydrogens is 1920 g/mol. The molecule has 40 nitrogen and oxygen atoms in total. The van der Waals surface area contributed by atoms with Gasteiger partial charge >= 0.3 is 0 Å². The molecule has 4 aromatic carbocycles. The van der Waals surface area contributed by atoms with E-state index in [0.29, 0.717) is 110 Å². The highest BCUT2D eigenvalue weighted by Crippen LogP contribution is 2.38. The molecule has 16 rings (SSSR count). The van der Waals surface area contributed by atoms with E-state index in [1.54, 1.807) is 21.1 Å². The predicted molar refractivity (Wildman–Crippen MR) is 559 cm³/mol. The number of likely N-dealkylation sites (tertiary alicyclic amines) is 4. The Bertz CT molecular complexity index is 8190. The number of nitrogens with zero attached hydrogens (tertiary/aromatic N) is 16. The predicted octanol–water partition coefficient (Wildman–Crippen LogP) is 11.3. The summed E-state index contributed by atoms with van der Waals surface area (Å²) in [6.07, 6.45) is -2.84. The number of benzene rings is 4. The van der Waals surface area contributed by atoms with Crippen LogP contribution in [0.2, 0.25) is 0 Å². The largest absolute Gasteiger partial charge is 0.493 e. The van der Waals surface area contributed by atoms with Gasteiger partial charge in [-0.1, -0.05) is 80.9 Å². The Morgan fingerprint density at radius 1 is 0.361 bits per heavy atom. The SMILES string of the molecule is [2H]C(CC1CCCN1C([2H])([2H])[2H])NS(=O)(=O)c1ccc(OCCC)c(-c2nc3c(CC([2H])([2H])C)nn(C)c3c(=O)[nH]2)c1.[2H]C(CC1CCCN1C([2H])([2H])[2H])NS(=O)(=O)c1ccc(OCCC)c(-c2nc3c(CC([2H])([2H])C)nn(C)c3c(=O)[nH]2)c1.[2H]C([2H])(C)Cc1nn(C)c2c(=O)[nH]c(-c3cc(S(=O)(=O)NC([2H])([2H])CC4CCCN4C([2H])([2H])[2H])ccc3OCCC)nc12.[2H]C([2H])([2H])N1CCCC1CCNS(=O)(=O)c1ccc(OCCC)c(-c2nc3c(C([2H])([2H])C([2H])([2H])C)nn(C)c3c(=O)[nH]2)c1. The van der Waals surface area contributed by atoms with Gasteiger partial charge < -0.3 is 58.5 Å². The van der Waals surface area contributed by atoms with Gasteiger partial charge in [-0.3, -0.25) is 37.9 Å². The van der Waals surface area contributed by atoms with Gasteiger partial charge in [0.15, 0.2) is 22.1 Å². The minimum Gasteiger partial charge on any atom is -0.493 e. The highest BCUT2D eigenvalue weighted by molar-refractivity contribution is 7.90. The molecule has 0 aliphatic carbocycles. The summed E-state index contributed by atoms with van der Waals surface area (Å²) in [7, 11) is -11.0. The average Bonchev–Trinajstić information content (AvgIpc) is 1.58. The summed E-state index contributed by atoms with van der Waals surface area (Å²) in [5.41, 5.74) is -0.563. The van der Waals surface area contributed by atoms with Gasteiger partial charge in [0.25, 0.3) is 22.2 Å². The fourth-order valence-electron chi connectivity index (χ4n) is 17.1. The third-order valence-electron chi connectivity index (χ3n) is 24.2. The molecule has 12 heterocycles. The lowest BCUT2D eigenvalue weighted by Crippen LogP contribution is -2.31. The van der Waals surface area contributed by atoms with Crippen molar-refractivity contribution < 1.29 is 88.3 Å². The van der Waals surface area contributed by atoms with Crippen LogP contribution in [0.1, 0.15) is 242 Å². The molecule has 0 spiro atoms. The van der Waals surface area contributed by atoms with Crippen molar-refractivity contribution in [2.45, 2.75) is 253 Å². The molecule has 4 aliphatic heterocycles. The number of H-pyrrole nitrogens is 4. The number of fused-ring (bicyclic) bond motifs is 4. The first-order valence-electron chi connectivity index (χ1n) is 60.8. The van der Waals surface area contributed by atoms with E-state index in [0.717, 1.165) is 18.0 Å². The quantitative estimate of drug-likeness (QED) is 0.0176. The summed E-state index contributed by atoms with van der Waals surface area (Å²) in [5.74, 6) is 0.887. The molecule has 0 amide bonds. The van der Waals surface area contributed by atoms with E-state index in [1.165, 1.54) is 134 Å². The lowest BCUT2D eigenvalue weighted by atomic mass is 10.1. The zero-order valence-electron chi connectivity index (χ0n) is 109. The third-order valence-corrected chi connectivity index (χ3v) is 29.7. The van der Waals surface area contributed by atoms with Crippen molar-refractivity contribution in [3.8, 4) is 68.5 Å². The molecule has 44 heteroatoms. The second-order valence-corrected chi connectivity index (χ2v) is 41.8. The van der Waals surface area contributed by atoms with Crippen LogP contribution in [0.5, 0.6) is 23.0 Å². The van der Waals surface area contributed by atoms with Gasteiger partial charge in [0, 0.05) is 114 Å². The van der Waals surface area contributed by atoms with Gasteiger partial charge in [-0.05, 0) is 255 Å². The van der Waals surface area contributed by atoms with Gasteiger partial charge in [0.05, 0.1) is 91.0 Å². The molecule has 0 radical (unpaired) electrons. The Morgan fingerprint density at radius 2 is 0.632 bits per heavy atom. The van der Waals surface area contributed by atoms with E-state index < -0.39 is 160 Å². The summed E-state index contributed by atoms with van der Waals surface area (Å²) < 4.78 is 351. The molecule has 4 saturated heterocycles. The van der Waals surface area contributed by atoms with Crippen molar-refractivity contribution in [3.63, 3.8) is 0 Å². The van der Waals surface area contributed by atoms with Gasteiger partial charge in [-0.25, -0.2) is 72.5 Å². The normalized spacial score (nSPS) is 20.8. The van der Waals surface area contributed by atoms with Crippen molar-refractivity contribution >= 4 is 84.2 Å². The number of aromatic amines is 4. The standard InChI is InChI=1S/4C25H36N6O4S/c4*1-5-8-20-22-23(31(4)29-20)25(32)28-24(27-22)19-16-18(10-11-21(19)35-15-6-2)36(33,34)26-13-12-17-9-7-14-30(17)3/h4*10-11,16-17,26H,5-9,12-15H2,1-4H3,(H,27,28,32)/i3D3,5D2,13D2;2*3D3,5D2,13D;3D3,5D2,8D2. The number of rotatable bonds is 44. The van der Waals surface area contributed by atoms with Gasteiger partial charge in [0.2, 0.25) is 40.1 Å². The first kappa shape index (κ1) is 79.2. The molecule has 0 bridgehead atoms. The molecule has 8 aromatic heterocycles. The monoisotopic (exact) mass is 2090 g/mol. The number of hydrogen-bond donors (Lipinski definition) is 8. The molecule has 4 aliphatic rings. The Balaban J connectivity index is 0.000000186. The maximum Gasteiger partial charge on any atom is 0.277 e. The summed E-state index contributed by atoms with van der Waals surface area (Å²) >= 11 is 0. The lowest BCUT2D eigenvalue weighted by molar-refractivity contribution is 0.297. The summed E-state index contributed by atoms with van der Waals surface area (Å²) in [4.78, 5) is 85.6. The highest BCUT2D eigenvalue weighted by Gasteiger charge is 2.32. The minimum atomic E-state index is -4.49. The van der Waals surface area contributed by atoms with Gasteiger partial charge in [-0.2, -0.15) is 20.4 Å². The van der Waals surface area contributed by atoms with Crippen LogP contribution >= 0.6 is 0 Å². The Hall–Kier alpha value is -11.0. The van der Waals surface area contributed by atoms with E-state index in [1.807, 2.05) is 27.7 Å². The first-order valence-corrected chi connectivity index (χ1v) is 53.6. The second kappa shape index (κ2) is 49.9. The number of aryl methyl sites for hydroxylation is 8. The molecule has 4 fully saturated rings. The minimum absolute atomic E-state index is 0.00240. The fraction of sp³-hybridized carbons (Fsp3) is 0.560. The van der Waals surface area contributed by atoms with Crippen LogP contribution in [0.25, 0.3) is 89.7 Å². The maximum atomic E-state index is 13.4. The smallest absolute Gasteiger partial charge is 0.277 e. The van der Waals surface area contributed by atoms with E-state index in [4.69, 9.17) is 54.6 Å². The van der Waals surface area contributed by atoms with Crippen LogP contribution in [-0.2, 0) is 93.9 Å². The summed E-state index contributed by atoms with van der Waals surface area (Å²) in [6.45, 7) is 1.07. The van der Waals surface area contributed by atoms with Crippen LogP contribution in [0.15, 0.2) is 112 Å². The number of sulfonamides is 4. The topological polar surface area (TPSA) is 489 Å². The third kappa shape index (κ3) is 26.5. The summed E-state index contributed by atoms with van der Waals surface area (Å²) in [5, 5.41) is 16.9. The highest BCUT2D eigenvalue weighted by atomic mass is 32.2. The van der Waals surface area contributed by atoms with Crippen molar-refractivity contribution in [3.05, 3.63) is 137 Å². The number of nitrogens with one attached hydrogen (secondary N) is 8. The number of aromatic nitrogens is 16. The van der Waals surface area contributed by atoms with Gasteiger partial charge in [-0.15, -0.1) is 0 Å². The molecule has 784 valence electrons. The number of ether oxygens (including phenoxy) is 4. The van der Waals surface area contributed by atoms with Crippen molar-refractivity contribution in [2.24, 2.45) is 28.2 Å². The number of hydrogen-bond acceptors (Lipinski definition) is 28. The van der Waals surface area contributed by atoms with Crippen molar-refractivity contribution in [2.75, 3.05) is 107 Å². The maximum absolute atomic E-state index is 13.4. The Labute approximate surface area is 879 Å². The molecular formula is C100H144N24O16S4. The van der Waals surface area contributed by atoms with Gasteiger partial charge in [0.1, 0.15) is 68.4 Å². The molecule has 6 unspecified atom stereocenters. The Kier molecular flexibility index (Phi) is 27.5. The second-order valence-electron chi connectivity index (χ2n) is 34.9. The molecule has 8 N–H and O–H groups in total. The van der Waals surface area contributed by atoms with Crippen LogP contribution in [-0.4, -0.2) is 263 Å². The summed E-state index contributed by atoms with van der Waals surface area (Å²) in [6, 6.07) is 14.2. The molecule has 144 heavy (non-hydrogen) atoms. The average molecular weight is 2090 g/mol. The van der Waals surface area contributed by atoms with Crippen LogP contribution in [0.4, 0.5) is 0 Å². The zero-order valence-corrected chi connectivity index (χ0v) is 85.8. The van der Waals surface area contributed by atoms with Crippen LogP contribution in [0, 0.1) is 0 Å². The lowest BCUT2D eigenvalue weighted by Gasteiger charge is -2.19. The zero-order chi connectivity index (χ0) is 126. The molecule has 12 aromatic rings. The Morgan fingerprint density at radius 3 is 0.917 bits per heavy atom. The van der Waals surface area contributed by atoms with E-state index in [2.05, 4.69) is 79.2 Å². The van der Waals surface area contributed by atoms with E-state index in [-0.39, 0.29) is 226 Å². The molecule has 6 atom stereocenters. The van der Waals surface area contributed by atoms with E-state index in [9.17, 15) is 52.8 Å². The van der Waals surface area contributed by atoms with Crippen molar-refractivity contribution in [1.29, 1.82) is 0 Å². The first-order chi connectivity index (χ1) is 78.7. The van der Waals surface area contributed by atoms with Crippen LogP contribution in [0.3, 0.4) is 0 Å². The fourth-order valence-corrected chi connectivity index (χ4v) is 21.0.